The van der Waals surface area contributed by atoms with Crippen molar-refractivity contribution in [3.8, 4) is 11.3 Å². The van der Waals surface area contributed by atoms with Gasteiger partial charge in [0.2, 0.25) is 5.95 Å². The number of anilines is 2. The second-order valence-electron chi connectivity index (χ2n) is 5.04. The lowest BCUT2D eigenvalue weighted by Crippen LogP contribution is -2.05. The summed E-state index contributed by atoms with van der Waals surface area (Å²) in [6.45, 7) is -0.266. The first-order valence-electron chi connectivity index (χ1n) is 6.96. The highest BCUT2D eigenvalue weighted by molar-refractivity contribution is 5.88. The molecule has 9 heteroatoms. The third-order valence-corrected chi connectivity index (χ3v) is 3.62. The number of imidazole rings is 1. The summed E-state index contributed by atoms with van der Waals surface area (Å²) >= 11 is 0. The van der Waals surface area contributed by atoms with Crippen molar-refractivity contribution >= 4 is 28.4 Å². The molecular weight excluding hydrogens is 299 g/mol. The monoisotopic (exact) mass is 312 g/mol. The fourth-order valence-corrected chi connectivity index (χ4v) is 2.62. The minimum atomic E-state index is -0.480. The molecule has 0 bridgehead atoms. The quantitative estimate of drug-likeness (QED) is 0.589. The normalized spacial score (nSPS) is 11.5. The maximum absolute atomic E-state index is 12.6. The molecule has 4 aromatic heterocycles. The van der Waals surface area contributed by atoms with Gasteiger partial charge in [0.05, 0.1) is 18.6 Å². The molecule has 0 aliphatic heterocycles. The van der Waals surface area contributed by atoms with Gasteiger partial charge in [-0.2, -0.15) is 4.98 Å². The van der Waals surface area contributed by atoms with E-state index in [1.54, 1.807) is 21.6 Å². The lowest BCUT2D eigenvalue weighted by atomic mass is 10.2. The first kappa shape index (κ1) is 13.4. The molecule has 4 heterocycles. The van der Waals surface area contributed by atoms with Crippen molar-refractivity contribution in [1.82, 2.24) is 29.1 Å². The van der Waals surface area contributed by atoms with E-state index in [-0.39, 0.29) is 18.3 Å². The highest BCUT2D eigenvalue weighted by Crippen LogP contribution is 2.28. The number of hydrogen-bond acceptors (Lipinski definition) is 6. The molecule has 0 radical (unpaired) electrons. The van der Waals surface area contributed by atoms with Gasteiger partial charge in [-0.1, -0.05) is 0 Å². The van der Waals surface area contributed by atoms with E-state index in [0.29, 0.717) is 22.4 Å². The van der Waals surface area contributed by atoms with Gasteiger partial charge in [0.15, 0.2) is 11.5 Å². The zero-order chi connectivity index (χ0) is 16.0. The molecule has 4 N–H and O–H groups in total. The Balaban J connectivity index is 1.93. The van der Waals surface area contributed by atoms with Gasteiger partial charge in [-0.15, -0.1) is 5.10 Å². The smallest absolute Gasteiger partial charge is 0.240 e. The van der Waals surface area contributed by atoms with Crippen molar-refractivity contribution < 1.29 is 4.39 Å². The highest BCUT2D eigenvalue weighted by Gasteiger charge is 2.14. The molecule has 4 rings (SSSR count). The summed E-state index contributed by atoms with van der Waals surface area (Å²) < 4.78 is 15.9. The minimum Gasteiger partial charge on any atom is -0.382 e. The van der Waals surface area contributed by atoms with Crippen LogP contribution >= 0.6 is 0 Å². The Kier molecular flexibility index (Phi) is 2.86. The van der Waals surface area contributed by atoms with Crippen LogP contribution in [0.25, 0.3) is 27.9 Å². The molecule has 8 nitrogen and oxygen atoms in total. The van der Waals surface area contributed by atoms with Gasteiger partial charge in [0.1, 0.15) is 17.7 Å². The molecule has 4 aromatic rings. The Bertz CT molecular complexity index is 1020. The van der Waals surface area contributed by atoms with Crippen molar-refractivity contribution in [3.63, 3.8) is 0 Å². The molecule has 0 fully saturated rings. The zero-order valence-electron chi connectivity index (χ0n) is 12.0. The number of aryl methyl sites for hydroxylation is 1. The number of alkyl halides is 1. The van der Waals surface area contributed by atoms with Crippen molar-refractivity contribution in [2.24, 2.45) is 0 Å². The average Bonchev–Trinajstić information content (AvgIpc) is 3.11. The van der Waals surface area contributed by atoms with E-state index in [1.807, 2.05) is 18.2 Å². The molecule has 0 atom stereocenters. The van der Waals surface area contributed by atoms with Crippen LogP contribution in [0, 0.1) is 0 Å². The fraction of sp³-hybridized carbons (Fsp3) is 0.143. The first-order chi connectivity index (χ1) is 11.2. The maximum Gasteiger partial charge on any atom is 0.240 e. The number of fused-ring (bicyclic) bond motifs is 2. The molecule has 0 amide bonds. The standard InChI is InChI=1S/C14H13FN8/c15-4-6-22-7-18-10-2-1-9(19-13(10)22)8-3-5-23-11(8)12(16)20-14(17)21-23/h1-3,5,7H,4,6H2,(H4,16,17,20,21). The van der Waals surface area contributed by atoms with E-state index in [1.165, 1.54) is 0 Å². The topological polar surface area (TPSA) is 113 Å². The maximum atomic E-state index is 12.6. The molecule has 23 heavy (non-hydrogen) atoms. The van der Waals surface area contributed by atoms with Gasteiger partial charge >= 0.3 is 0 Å². The number of halogens is 1. The third-order valence-electron chi connectivity index (χ3n) is 3.62. The molecule has 0 saturated heterocycles. The van der Waals surface area contributed by atoms with Gasteiger partial charge in [-0.05, 0) is 18.2 Å². The second-order valence-corrected chi connectivity index (χ2v) is 5.04. The summed E-state index contributed by atoms with van der Waals surface area (Å²) in [5.41, 5.74) is 15.0. The van der Waals surface area contributed by atoms with Crippen LogP contribution in [0.2, 0.25) is 0 Å². The van der Waals surface area contributed by atoms with Gasteiger partial charge < -0.3 is 16.0 Å². The van der Waals surface area contributed by atoms with Crippen LogP contribution in [0.5, 0.6) is 0 Å². The fourth-order valence-electron chi connectivity index (χ4n) is 2.62. The predicted molar refractivity (Wildman–Crippen MR) is 84.3 cm³/mol. The van der Waals surface area contributed by atoms with Crippen molar-refractivity contribution in [2.75, 3.05) is 18.1 Å². The van der Waals surface area contributed by atoms with Crippen molar-refractivity contribution in [3.05, 3.63) is 30.7 Å². The number of hydrogen-bond donors (Lipinski definition) is 2. The Morgan fingerprint density at radius 3 is 2.83 bits per heavy atom. The van der Waals surface area contributed by atoms with Crippen LogP contribution in [0.1, 0.15) is 0 Å². The van der Waals surface area contributed by atoms with Crippen LogP contribution in [-0.4, -0.2) is 35.8 Å². The number of aromatic nitrogens is 6. The number of pyridine rings is 1. The lowest BCUT2D eigenvalue weighted by molar-refractivity contribution is 0.449. The van der Waals surface area contributed by atoms with Crippen LogP contribution in [0.15, 0.2) is 30.7 Å². The number of rotatable bonds is 3. The van der Waals surface area contributed by atoms with E-state index in [2.05, 4.69) is 20.1 Å². The minimum absolute atomic E-state index is 0.0987. The molecule has 116 valence electrons. The summed E-state index contributed by atoms with van der Waals surface area (Å²) in [4.78, 5) is 12.8. The average molecular weight is 312 g/mol. The van der Waals surface area contributed by atoms with Gasteiger partial charge in [0, 0.05) is 11.8 Å². The van der Waals surface area contributed by atoms with Gasteiger partial charge in [0.25, 0.3) is 0 Å². The number of nitrogen functional groups attached to an aromatic ring is 2. The zero-order valence-corrected chi connectivity index (χ0v) is 12.0. The van der Waals surface area contributed by atoms with Crippen LogP contribution in [-0.2, 0) is 6.54 Å². The van der Waals surface area contributed by atoms with Gasteiger partial charge in [-0.3, -0.25) is 0 Å². The molecule has 0 spiro atoms. The Morgan fingerprint density at radius 1 is 1.13 bits per heavy atom. The van der Waals surface area contributed by atoms with Crippen molar-refractivity contribution in [1.29, 1.82) is 0 Å². The van der Waals surface area contributed by atoms with Crippen LogP contribution in [0.3, 0.4) is 0 Å². The lowest BCUT2D eigenvalue weighted by Gasteiger charge is -2.05. The summed E-state index contributed by atoms with van der Waals surface area (Å²) in [7, 11) is 0. The summed E-state index contributed by atoms with van der Waals surface area (Å²) in [6, 6.07) is 5.51. The third kappa shape index (κ3) is 2.05. The van der Waals surface area contributed by atoms with E-state index >= 15 is 0 Å². The van der Waals surface area contributed by atoms with Crippen LogP contribution in [0.4, 0.5) is 16.2 Å². The SMILES string of the molecule is Nc1nc(N)c2c(-c3ccc4ncn(CCF)c4n3)ccn2n1. The Labute approximate surface area is 129 Å². The highest BCUT2D eigenvalue weighted by atomic mass is 19.1. The van der Waals surface area contributed by atoms with E-state index in [9.17, 15) is 4.39 Å². The molecule has 0 aliphatic carbocycles. The summed E-state index contributed by atoms with van der Waals surface area (Å²) in [5.74, 6) is 0.373. The Hall–Kier alpha value is -3.23. The van der Waals surface area contributed by atoms with Gasteiger partial charge in [-0.25, -0.2) is 18.9 Å². The summed E-state index contributed by atoms with van der Waals surface area (Å²) in [6.07, 6.45) is 3.32. The second kappa shape index (κ2) is 4.90. The molecule has 0 saturated carbocycles. The van der Waals surface area contributed by atoms with E-state index < -0.39 is 6.67 Å². The van der Waals surface area contributed by atoms with Crippen molar-refractivity contribution in [2.45, 2.75) is 6.54 Å². The van der Waals surface area contributed by atoms with E-state index in [0.717, 1.165) is 5.56 Å². The summed E-state index contributed by atoms with van der Waals surface area (Å²) in [5, 5.41) is 4.09. The van der Waals surface area contributed by atoms with E-state index in [4.69, 9.17) is 11.5 Å². The number of nitrogens with two attached hydrogens (primary N) is 2. The first-order valence-corrected chi connectivity index (χ1v) is 6.96. The Morgan fingerprint density at radius 2 is 2.00 bits per heavy atom. The number of nitrogens with zero attached hydrogens (tertiary/aromatic N) is 6. The molecule has 0 unspecified atom stereocenters. The molecule has 0 aromatic carbocycles. The van der Waals surface area contributed by atoms with Crippen LogP contribution < -0.4 is 11.5 Å². The largest absolute Gasteiger partial charge is 0.382 e. The molecule has 0 aliphatic rings. The molecular formula is C14H13FN8. The predicted octanol–water partition coefficient (Wildman–Crippen LogP) is 1.27.